The van der Waals surface area contributed by atoms with Crippen LogP contribution in [0.25, 0.3) is 0 Å². The molecule has 0 aromatic heterocycles. The summed E-state index contributed by atoms with van der Waals surface area (Å²) >= 11 is 0. The summed E-state index contributed by atoms with van der Waals surface area (Å²) in [5.41, 5.74) is 0.958. The minimum absolute atomic E-state index is 0.252. The molecule has 0 aliphatic carbocycles. The van der Waals surface area contributed by atoms with Crippen molar-refractivity contribution in [3.8, 4) is 0 Å². The SMILES string of the molecule is O=C1CC=CCC(c2ccccc2)N1O. The highest BCUT2D eigenvalue weighted by Crippen LogP contribution is 2.25. The van der Waals surface area contributed by atoms with Crippen LogP contribution in [0.2, 0.25) is 0 Å². The Kier molecular flexibility index (Phi) is 2.83. The number of hydrogen-bond acceptors (Lipinski definition) is 2. The lowest BCUT2D eigenvalue weighted by molar-refractivity contribution is -0.174. The molecule has 1 amide bonds. The molecule has 3 heteroatoms. The van der Waals surface area contributed by atoms with E-state index < -0.39 is 0 Å². The van der Waals surface area contributed by atoms with Crippen molar-refractivity contribution < 1.29 is 10.0 Å². The van der Waals surface area contributed by atoms with Gasteiger partial charge in [-0.05, 0) is 12.0 Å². The van der Waals surface area contributed by atoms with Gasteiger partial charge in [0.15, 0.2) is 0 Å². The van der Waals surface area contributed by atoms with Gasteiger partial charge in [0.1, 0.15) is 0 Å². The van der Waals surface area contributed by atoms with E-state index in [9.17, 15) is 10.0 Å². The number of hydroxylamine groups is 2. The zero-order chi connectivity index (χ0) is 10.7. The van der Waals surface area contributed by atoms with Crippen LogP contribution in [0.5, 0.6) is 0 Å². The van der Waals surface area contributed by atoms with Gasteiger partial charge >= 0.3 is 0 Å². The van der Waals surface area contributed by atoms with Crippen molar-refractivity contribution in [2.24, 2.45) is 0 Å². The molecule has 0 saturated carbocycles. The van der Waals surface area contributed by atoms with Crippen LogP contribution in [0.3, 0.4) is 0 Å². The summed E-state index contributed by atoms with van der Waals surface area (Å²) in [6.45, 7) is 0. The Morgan fingerprint density at radius 3 is 2.67 bits per heavy atom. The number of rotatable bonds is 1. The van der Waals surface area contributed by atoms with Crippen LogP contribution < -0.4 is 0 Å². The third-order valence-corrected chi connectivity index (χ3v) is 2.55. The first kappa shape index (κ1) is 9.93. The predicted octanol–water partition coefficient (Wildman–Crippen LogP) is 2.30. The van der Waals surface area contributed by atoms with E-state index in [4.69, 9.17) is 0 Å². The fraction of sp³-hybridized carbons (Fsp3) is 0.250. The molecule has 1 atom stereocenters. The molecule has 2 rings (SSSR count). The molecule has 15 heavy (non-hydrogen) atoms. The Hall–Kier alpha value is -1.61. The zero-order valence-corrected chi connectivity index (χ0v) is 8.34. The largest absolute Gasteiger partial charge is 0.285 e. The van der Waals surface area contributed by atoms with Crippen LogP contribution in [0.1, 0.15) is 24.4 Å². The molecule has 3 nitrogen and oxygen atoms in total. The lowest BCUT2D eigenvalue weighted by atomic mass is 10.0. The summed E-state index contributed by atoms with van der Waals surface area (Å²) in [6.07, 6.45) is 4.67. The Bertz CT molecular complexity index is 372. The smallest absolute Gasteiger partial charge is 0.250 e. The zero-order valence-electron chi connectivity index (χ0n) is 8.34. The number of carbonyl (C=O) groups excluding carboxylic acids is 1. The van der Waals surface area contributed by atoms with Crippen molar-refractivity contribution in [2.75, 3.05) is 0 Å². The maximum absolute atomic E-state index is 11.4. The minimum atomic E-state index is -0.252. The molecule has 0 fully saturated rings. The second-order valence-electron chi connectivity index (χ2n) is 3.58. The predicted molar refractivity (Wildman–Crippen MR) is 56.2 cm³/mol. The molecule has 1 aliphatic rings. The first-order valence-corrected chi connectivity index (χ1v) is 5.00. The number of hydrogen-bond donors (Lipinski definition) is 1. The summed E-state index contributed by atoms with van der Waals surface area (Å²) in [4.78, 5) is 11.4. The van der Waals surface area contributed by atoms with Crippen LogP contribution >= 0.6 is 0 Å². The first-order chi connectivity index (χ1) is 7.29. The van der Waals surface area contributed by atoms with Gasteiger partial charge in [0, 0.05) is 6.42 Å². The lowest BCUT2D eigenvalue weighted by Crippen LogP contribution is -2.30. The molecule has 0 radical (unpaired) electrons. The maximum atomic E-state index is 11.4. The highest BCUT2D eigenvalue weighted by molar-refractivity contribution is 5.77. The van der Waals surface area contributed by atoms with E-state index in [1.165, 1.54) is 0 Å². The van der Waals surface area contributed by atoms with E-state index in [0.717, 1.165) is 10.6 Å². The van der Waals surface area contributed by atoms with E-state index in [-0.39, 0.29) is 18.4 Å². The molecule has 78 valence electrons. The van der Waals surface area contributed by atoms with Crippen LogP contribution in [0, 0.1) is 0 Å². The van der Waals surface area contributed by atoms with E-state index in [0.29, 0.717) is 6.42 Å². The Balaban J connectivity index is 2.27. The minimum Gasteiger partial charge on any atom is -0.285 e. The van der Waals surface area contributed by atoms with Gasteiger partial charge in [-0.15, -0.1) is 0 Å². The molecule has 1 unspecified atom stereocenters. The van der Waals surface area contributed by atoms with Crippen LogP contribution in [0.15, 0.2) is 42.5 Å². The third kappa shape index (κ3) is 2.07. The second-order valence-corrected chi connectivity index (χ2v) is 3.58. The van der Waals surface area contributed by atoms with Crippen molar-refractivity contribution in [3.63, 3.8) is 0 Å². The molecule has 0 bridgehead atoms. The van der Waals surface area contributed by atoms with Gasteiger partial charge in [-0.2, -0.15) is 0 Å². The van der Waals surface area contributed by atoms with Gasteiger partial charge in [0.25, 0.3) is 0 Å². The average Bonchev–Trinajstić information content (AvgIpc) is 2.44. The van der Waals surface area contributed by atoms with Crippen molar-refractivity contribution in [2.45, 2.75) is 18.9 Å². The van der Waals surface area contributed by atoms with Crippen molar-refractivity contribution in [3.05, 3.63) is 48.0 Å². The molecule has 0 saturated heterocycles. The molecule has 0 spiro atoms. The summed E-state index contributed by atoms with van der Waals surface area (Å²) in [5, 5.41) is 10.6. The number of carbonyl (C=O) groups is 1. The van der Waals surface area contributed by atoms with Crippen LogP contribution in [0.4, 0.5) is 0 Å². The van der Waals surface area contributed by atoms with Gasteiger partial charge in [-0.1, -0.05) is 42.5 Å². The number of benzene rings is 1. The average molecular weight is 203 g/mol. The topological polar surface area (TPSA) is 40.5 Å². The highest BCUT2D eigenvalue weighted by Gasteiger charge is 2.23. The van der Waals surface area contributed by atoms with Gasteiger partial charge in [0.2, 0.25) is 5.91 Å². The van der Waals surface area contributed by atoms with E-state index in [1.807, 2.05) is 36.4 Å². The summed E-state index contributed by atoms with van der Waals surface area (Å²) in [6, 6.07) is 9.31. The Morgan fingerprint density at radius 2 is 1.93 bits per heavy atom. The molecule has 1 N–H and O–H groups in total. The van der Waals surface area contributed by atoms with Crippen LogP contribution in [-0.4, -0.2) is 16.2 Å². The Labute approximate surface area is 88.6 Å². The first-order valence-electron chi connectivity index (χ1n) is 5.00. The highest BCUT2D eigenvalue weighted by atomic mass is 16.5. The fourth-order valence-electron chi connectivity index (χ4n) is 1.73. The van der Waals surface area contributed by atoms with Crippen molar-refractivity contribution >= 4 is 5.91 Å². The lowest BCUT2D eigenvalue weighted by Gasteiger charge is -2.23. The van der Waals surface area contributed by atoms with Gasteiger partial charge in [-0.3, -0.25) is 10.0 Å². The van der Waals surface area contributed by atoms with E-state index >= 15 is 0 Å². The van der Waals surface area contributed by atoms with Crippen LogP contribution in [-0.2, 0) is 4.79 Å². The third-order valence-electron chi connectivity index (χ3n) is 2.55. The van der Waals surface area contributed by atoms with E-state index in [1.54, 1.807) is 6.08 Å². The molecule has 1 heterocycles. The molecule has 1 aliphatic heterocycles. The van der Waals surface area contributed by atoms with Crippen molar-refractivity contribution in [1.82, 2.24) is 5.06 Å². The molecular formula is C12H13NO2. The van der Waals surface area contributed by atoms with Gasteiger partial charge < -0.3 is 0 Å². The maximum Gasteiger partial charge on any atom is 0.250 e. The number of nitrogens with zero attached hydrogens (tertiary/aromatic N) is 1. The van der Waals surface area contributed by atoms with E-state index in [2.05, 4.69) is 0 Å². The Morgan fingerprint density at radius 1 is 1.20 bits per heavy atom. The fourth-order valence-corrected chi connectivity index (χ4v) is 1.73. The standard InChI is InChI=1S/C12H13NO2/c14-12-9-5-4-8-11(13(12)15)10-6-2-1-3-7-10/h1-7,11,15H,8-9H2. The van der Waals surface area contributed by atoms with Gasteiger partial charge in [-0.25, -0.2) is 5.06 Å². The number of amides is 1. The molecule has 1 aromatic carbocycles. The second kappa shape index (κ2) is 4.28. The monoisotopic (exact) mass is 203 g/mol. The summed E-state index contributed by atoms with van der Waals surface area (Å²) in [7, 11) is 0. The van der Waals surface area contributed by atoms with Crippen molar-refractivity contribution in [1.29, 1.82) is 0 Å². The molecule has 1 aromatic rings. The normalized spacial score (nSPS) is 21.5. The van der Waals surface area contributed by atoms with Gasteiger partial charge in [0.05, 0.1) is 6.04 Å². The quantitative estimate of drug-likeness (QED) is 0.562. The summed E-state index contributed by atoms with van der Waals surface area (Å²) < 4.78 is 0. The molecular weight excluding hydrogens is 190 g/mol. The summed E-state index contributed by atoms with van der Waals surface area (Å²) in [5.74, 6) is -0.252.